The normalized spacial score (nSPS) is 11.6. The van der Waals surface area contributed by atoms with E-state index in [1.807, 2.05) is 13.8 Å². The lowest BCUT2D eigenvalue weighted by atomic mass is 10.1. The van der Waals surface area contributed by atoms with Crippen LogP contribution in [-0.4, -0.2) is 9.61 Å². The molecule has 2 aromatic heterocycles. The number of fused-ring (bicyclic) bond motifs is 1. The smallest absolute Gasteiger partial charge is 0.195 e. The fraction of sp³-hybridized carbons (Fsp3) is 0.235. The van der Waals surface area contributed by atoms with E-state index in [1.54, 1.807) is 17.5 Å². The topological polar surface area (TPSA) is 17.3 Å². The predicted molar refractivity (Wildman–Crippen MR) is 87.3 cm³/mol. The summed E-state index contributed by atoms with van der Waals surface area (Å²) in [5.41, 5.74) is 2.04. The van der Waals surface area contributed by atoms with Gasteiger partial charge in [-0.1, -0.05) is 26.5 Å². The lowest BCUT2D eigenvalue weighted by Crippen LogP contribution is -1.97. The minimum Gasteiger partial charge on any atom is -0.225 e. The van der Waals surface area contributed by atoms with Crippen LogP contribution in [0.1, 0.15) is 36.0 Å². The molecular weight excluding hydrogens is 321 g/mol. The van der Waals surface area contributed by atoms with Gasteiger partial charge in [0.2, 0.25) is 0 Å². The van der Waals surface area contributed by atoms with Crippen molar-refractivity contribution in [3.8, 4) is 11.1 Å². The van der Waals surface area contributed by atoms with Gasteiger partial charge in [0.1, 0.15) is 4.83 Å². The molecule has 2 heterocycles. The molecule has 0 atom stereocenters. The first-order valence-electron chi connectivity index (χ1n) is 7.15. The van der Waals surface area contributed by atoms with Gasteiger partial charge in [-0.2, -0.15) is 5.10 Å². The summed E-state index contributed by atoms with van der Waals surface area (Å²) >= 11 is 1.41. The third-order valence-electron chi connectivity index (χ3n) is 3.74. The van der Waals surface area contributed by atoms with Crippen LogP contribution < -0.4 is 0 Å². The van der Waals surface area contributed by atoms with Crippen molar-refractivity contribution in [2.45, 2.75) is 26.7 Å². The van der Waals surface area contributed by atoms with Crippen LogP contribution in [0.5, 0.6) is 0 Å². The average Bonchev–Trinajstić information content (AvgIpc) is 2.99. The zero-order chi connectivity index (χ0) is 16.9. The minimum atomic E-state index is -1.47. The summed E-state index contributed by atoms with van der Waals surface area (Å²) < 4.78 is 42.8. The van der Waals surface area contributed by atoms with Gasteiger partial charge in [-0.3, -0.25) is 0 Å². The maximum atomic E-state index is 14.2. The molecule has 0 aliphatic heterocycles. The molecule has 0 radical (unpaired) electrons. The van der Waals surface area contributed by atoms with E-state index < -0.39 is 17.5 Å². The highest BCUT2D eigenvalue weighted by atomic mass is 32.1. The third-order valence-corrected chi connectivity index (χ3v) is 4.91. The van der Waals surface area contributed by atoms with E-state index in [0.29, 0.717) is 16.1 Å². The maximum Gasteiger partial charge on any atom is 0.195 e. The fourth-order valence-corrected chi connectivity index (χ4v) is 4.03. The Balaban J connectivity index is 2.37. The van der Waals surface area contributed by atoms with Crippen LogP contribution in [0.15, 0.2) is 18.7 Å². The Hall–Kier alpha value is -2.08. The summed E-state index contributed by atoms with van der Waals surface area (Å²) in [7, 11) is 0. The second kappa shape index (κ2) is 5.53. The average molecular weight is 336 g/mol. The standard InChI is InChI=1S/C17H15F3N2S/c1-5-12-16(8(2)3)22-17(23-12)13(9(4)21-22)10-6-7-11(18)15(20)14(10)19/h5-8H,1H2,2-4H3. The number of nitrogens with zero attached hydrogens (tertiary/aromatic N) is 2. The van der Waals surface area contributed by atoms with E-state index in [1.165, 1.54) is 17.4 Å². The molecule has 0 fully saturated rings. The van der Waals surface area contributed by atoms with Crippen molar-refractivity contribution < 1.29 is 13.2 Å². The van der Waals surface area contributed by atoms with Gasteiger partial charge < -0.3 is 0 Å². The molecule has 0 aliphatic rings. The summed E-state index contributed by atoms with van der Waals surface area (Å²) in [5, 5.41) is 4.47. The van der Waals surface area contributed by atoms with Gasteiger partial charge in [-0.15, -0.1) is 11.3 Å². The summed E-state index contributed by atoms with van der Waals surface area (Å²) in [6.07, 6.45) is 1.73. The highest BCUT2D eigenvalue weighted by Gasteiger charge is 2.24. The molecule has 23 heavy (non-hydrogen) atoms. The number of halogens is 3. The van der Waals surface area contributed by atoms with Crippen molar-refractivity contribution in [2.24, 2.45) is 0 Å². The Labute approximate surface area is 135 Å². The summed E-state index contributed by atoms with van der Waals surface area (Å²) in [5.74, 6) is -3.67. The number of hydrogen-bond acceptors (Lipinski definition) is 2. The largest absolute Gasteiger partial charge is 0.225 e. The van der Waals surface area contributed by atoms with Crippen LogP contribution in [-0.2, 0) is 0 Å². The van der Waals surface area contributed by atoms with E-state index in [4.69, 9.17) is 0 Å². The third kappa shape index (κ3) is 2.28. The van der Waals surface area contributed by atoms with Crippen molar-refractivity contribution >= 4 is 22.2 Å². The zero-order valence-electron chi connectivity index (χ0n) is 13.0. The predicted octanol–water partition coefficient (Wildman–Crippen LogP) is 5.55. The maximum absolute atomic E-state index is 14.2. The van der Waals surface area contributed by atoms with Crippen molar-refractivity contribution in [1.29, 1.82) is 0 Å². The second-order valence-corrected chi connectivity index (χ2v) is 6.64. The first kappa shape index (κ1) is 15.8. The Bertz CT molecular complexity index is 922. The quantitative estimate of drug-likeness (QED) is 0.573. The van der Waals surface area contributed by atoms with Crippen LogP contribution in [0.2, 0.25) is 0 Å². The molecular formula is C17H15F3N2S. The number of benzene rings is 1. The number of aryl methyl sites for hydroxylation is 1. The molecule has 0 amide bonds. The fourth-order valence-electron chi connectivity index (χ4n) is 2.73. The van der Waals surface area contributed by atoms with E-state index >= 15 is 0 Å². The monoisotopic (exact) mass is 336 g/mol. The molecule has 0 N–H and O–H groups in total. The molecule has 3 rings (SSSR count). The zero-order valence-corrected chi connectivity index (χ0v) is 13.8. The molecule has 0 bridgehead atoms. The molecule has 2 nitrogen and oxygen atoms in total. The molecule has 0 saturated carbocycles. The summed E-state index contributed by atoms with van der Waals surface area (Å²) in [4.78, 5) is 1.64. The molecule has 0 unspecified atom stereocenters. The number of thiazole rings is 1. The minimum absolute atomic E-state index is 0.0172. The van der Waals surface area contributed by atoms with Crippen molar-refractivity contribution in [1.82, 2.24) is 9.61 Å². The van der Waals surface area contributed by atoms with Crippen molar-refractivity contribution in [3.05, 3.63) is 52.4 Å². The van der Waals surface area contributed by atoms with Gasteiger partial charge >= 0.3 is 0 Å². The number of rotatable bonds is 3. The Morgan fingerprint density at radius 3 is 2.52 bits per heavy atom. The summed E-state index contributed by atoms with van der Waals surface area (Å²) in [6.45, 7) is 9.59. The highest BCUT2D eigenvalue weighted by Crippen LogP contribution is 2.39. The van der Waals surface area contributed by atoms with Gasteiger partial charge in [0.05, 0.1) is 16.3 Å². The highest BCUT2D eigenvalue weighted by molar-refractivity contribution is 7.19. The lowest BCUT2D eigenvalue weighted by molar-refractivity contribution is 0.449. The SMILES string of the molecule is C=Cc1sc2c(-c3ccc(F)c(F)c3F)c(C)nn2c1C(C)C. The van der Waals surface area contributed by atoms with Gasteiger partial charge in [-0.25, -0.2) is 17.7 Å². The Morgan fingerprint density at radius 2 is 1.91 bits per heavy atom. The molecule has 6 heteroatoms. The molecule has 3 aromatic rings. The summed E-state index contributed by atoms with van der Waals surface area (Å²) in [6, 6.07) is 2.18. The first-order valence-corrected chi connectivity index (χ1v) is 7.96. The molecule has 120 valence electrons. The number of hydrogen-bond donors (Lipinski definition) is 0. The van der Waals surface area contributed by atoms with Gasteiger partial charge in [0.25, 0.3) is 0 Å². The molecule has 0 saturated heterocycles. The number of aromatic nitrogens is 2. The van der Waals surface area contributed by atoms with E-state index in [-0.39, 0.29) is 11.5 Å². The molecule has 1 aromatic carbocycles. The molecule has 0 spiro atoms. The second-order valence-electron chi connectivity index (χ2n) is 5.61. The van der Waals surface area contributed by atoms with Gasteiger partial charge in [0, 0.05) is 11.1 Å². The van der Waals surface area contributed by atoms with E-state index in [2.05, 4.69) is 11.7 Å². The van der Waals surface area contributed by atoms with Crippen LogP contribution in [0, 0.1) is 24.4 Å². The van der Waals surface area contributed by atoms with Gasteiger partial charge in [0.15, 0.2) is 17.5 Å². The van der Waals surface area contributed by atoms with E-state index in [0.717, 1.165) is 16.6 Å². The van der Waals surface area contributed by atoms with Crippen LogP contribution in [0.4, 0.5) is 13.2 Å². The Kier molecular flexibility index (Phi) is 3.80. The first-order chi connectivity index (χ1) is 10.9. The van der Waals surface area contributed by atoms with Crippen molar-refractivity contribution in [3.63, 3.8) is 0 Å². The van der Waals surface area contributed by atoms with Crippen LogP contribution >= 0.6 is 11.3 Å². The molecule has 0 aliphatic carbocycles. The van der Waals surface area contributed by atoms with Crippen molar-refractivity contribution in [2.75, 3.05) is 0 Å². The Morgan fingerprint density at radius 1 is 1.22 bits per heavy atom. The van der Waals surface area contributed by atoms with Gasteiger partial charge in [-0.05, 0) is 25.0 Å². The lowest BCUT2D eigenvalue weighted by Gasteiger charge is -2.03. The van der Waals surface area contributed by atoms with Crippen LogP contribution in [0.3, 0.4) is 0 Å². The van der Waals surface area contributed by atoms with E-state index in [9.17, 15) is 13.2 Å². The van der Waals surface area contributed by atoms with Crippen LogP contribution in [0.25, 0.3) is 22.0 Å².